The van der Waals surface area contributed by atoms with Gasteiger partial charge in [-0.2, -0.15) is 0 Å². The molecule has 8 nitrogen and oxygen atoms in total. The first-order valence-corrected chi connectivity index (χ1v) is 8.93. The van der Waals surface area contributed by atoms with Gasteiger partial charge in [-0.05, 0) is 18.9 Å². The number of likely N-dealkylation sites (tertiary alicyclic amines) is 1. The molecule has 2 aromatic heterocycles. The summed E-state index contributed by atoms with van der Waals surface area (Å²) in [5.41, 5.74) is 0.756. The summed E-state index contributed by atoms with van der Waals surface area (Å²) in [5, 5.41) is 0. The van der Waals surface area contributed by atoms with Gasteiger partial charge in [-0.3, -0.25) is 9.59 Å². The van der Waals surface area contributed by atoms with Crippen LogP contribution in [0, 0.1) is 5.92 Å². The molecule has 1 fully saturated rings. The molecule has 1 aliphatic heterocycles. The van der Waals surface area contributed by atoms with Gasteiger partial charge in [0.25, 0.3) is 0 Å². The first kappa shape index (κ1) is 18.8. The summed E-state index contributed by atoms with van der Waals surface area (Å²) in [5.74, 6) is 0.744. The molecule has 0 N–H and O–H groups in total. The molecule has 0 bridgehead atoms. The van der Waals surface area contributed by atoms with Gasteiger partial charge in [-0.15, -0.1) is 0 Å². The molecular formula is C19H24N6O2. The second kappa shape index (κ2) is 8.11. The third-order valence-corrected chi connectivity index (χ3v) is 4.62. The Morgan fingerprint density at radius 3 is 2.59 bits per heavy atom. The molecule has 1 aliphatic rings. The molecule has 2 aromatic rings. The van der Waals surface area contributed by atoms with Gasteiger partial charge >= 0.3 is 0 Å². The number of hydrogen-bond acceptors (Lipinski definition) is 6. The molecule has 1 saturated heterocycles. The summed E-state index contributed by atoms with van der Waals surface area (Å²) in [6.07, 6.45) is 11.5. The van der Waals surface area contributed by atoms with Gasteiger partial charge in [0.05, 0.1) is 0 Å². The van der Waals surface area contributed by atoms with Gasteiger partial charge in [0.1, 0.15) is 0 Å². The summed E-state index contributed by atoms with van der Waals surface area (Å²) in [6.45, 7) is 1.08. The van der Waals surface area contributed by atoms with Crippen molar-refractivity contribution < 1.29 is 9.59 Å². The number of hydrogen-bond donors (Lipinski definition) is 0. The number of piperidine rings is 1. The molecule has 142 valence electrons. The van der Waals surface area contributed by atoms with Crippen LogP contribution in [-0.2, 0) is 11.8 Å². The van der Waals surface area contributed by atoms with Crippen LogP contribution in [0.25, 0.3) is 6.08 Å². The SMILES string of the molecule is CN(C)c1ncc(C=CC(=O)N2CCCC(C(=O)c3nccn3C)C2)cn1. The van der Waals surface area contributed by atoms with Crippen LogP contribution in [0.5, 0.6) is 0 Å². The van der Waals surface area contributed by atoms with Gasteiger partial charge in [-0.1, -0.05) is 0 Å². The number of nitrogens with zero attached hydrogens (tertiary/aromatic N) is 6. The maximum absolute atomic E-state index is 12.7. The lowest BCUT2D eigenvalue weighted by atomic mass is 9.93. The summed E-state index contributed by atoms with van der Waals surface area (Å²) in [7, 11) is 5.54. The van der Waals surface area contributed by atoms with Crippen LogP contribution < -0.4 is 4.90 Å². The van der Waals surface area contributed by atoms with Crippen LogP contribution >= 0.6 is 0 Å². The minimum absolute atomic E-state index is 0.00310. The van der Waals surface area contributed by atoms with Crippen molar-refractivity contribution in [1.82, 2.24) is 24.4 Å². The van der Waals surface area contributed by atoms with Gasteiger partial charge in [0.15, 0.2) is 5.82 Å². The third kappa shape index (κ3) is 4.39. The molecule has 0 aliphatic carbocycles. The lowest BCUT2D eigenvalue weighted by Crippen LogP contribution is -2.42. The molecule has 0 spiro atoms. The number of rotatable bonds is 5. The highest BCUT2D eigenvalue weighted by atomic mass is 16.2. The molecule has 27 heavy (non-hydrogen) atoms. The second-order valence-corrected chi connectivity index (χ2v) is 6.89. The monoisotopic (exact) mass is 368 g/mol. The average Bonchev–Trinajstić information content (AvgIpc) is 3.11. The second-order valence-electron chi connectivity index (χ2n) is 6.89. The number of carbonyl (C=O) groups is 2. The number of carbonyl (C=O) groups excluding carboxylic acids is 2. The first-order chi connectivity index (χ1) is 13.0. The van der Waals surface area contributed by atoms with E-state index in [1.165, 1.54) is 6.08 Å². The summed E-state index contributed by atoms with van der Waals surface area (Å²) in [6, 6.07) is 0. The van der Waals surface area contributed by atoms with Crippen LogP contribution in [-0.4, -0.2) is 63.3 Å². The highest BCUT2D eigenvalue weighted by molar-refractivity contribution is 5.96. The minimum atomic E-state index is -0.208. The van der Waals surface area contributed by atoms with Crippen LogP contribution in [0.2, 0.25) is 0 Å². The van der Waals surface area contributed by atoms with Gasteiger partial charge < -0.3 is 14.4 Å². The molecule has 1 atom stereocenters. The van der Waals surface area contributed by atoms with E-state index in [9.17, 15) is 9.59 Å². The molecular weight excluding hydrogens is 344 g/mol. The van der Waals surface area contributed by atoms with E-state index in [-0.39, 0.29) is 17.6 Å². The fourth-order valence-electron chi connectivity index (χ4n) is 3.10. The Kier molecular flexibility index (Phi) is 5.63. The Hall–Kier alpha value is -3.03. The smallest absolute Gasteiger partial charge is 0.246 e. The van der Waals surface area contributed by atoms with E-state index in [0.717, 1.165) is 18.4 Å². The molecule has 8 heteroatoms. The topological polar surface area (TPSA) is 84.2 Å². The van der Waals surface area contributed by atoms with Crippen LogP contribution in [0.4, 0.5) is 5.95 Å². The van der Waals surface area contributed by atoms with E-state index in [2.05, 4.69) is 15.0 Å². The summed E-state index contributed by atoms with van der Waals surface area (Å²) < 4.78 is 1.72. The van der Waals surface area contributed by atoms with Gasteiger partial charge in [-0.25, -0.2) is 15.0 Å². The fraction of sp³-hybridized carbons (Fsp3) is 0.421. The molecule has 0 radical (unpaired) electrons. The number of amides is 1. The van der Waals surface area contributed by atoms with Crippen molar-refractivity contribution in [2.45, 2.75) is 12.8 Å². The van der Waals surface area contributed by atoms with Crippen molar-refractivity contribution in [2.75, 3.05) is 32.1 Å². The zero-order valence-corrected chi connectivity index (χ0v) is 15.9. The normalized spacial score (nSPS) is 17.3. The maximum Gasteiger partial charge on any atom is 0.246 e. The standard InChI is InChI=1S/C19H24N6O2/c1-23(2)19-21-11-14(12-22-19)6-7-16(26)25-9-4-5-15(13-25)17(27)18-20-8-10-24(18)3/h6-8,10-12,15H,4-5,9,13H2,1-3H3. The van der Waals surface area contributed by atoms with Crippen molar-refractivity contribution in [2.24, 2.45) is 13.0 Å². The number of ketones is 1. The highest BCUT2D eigenvalue weighted by Gasteiger charge is 2.30. The Morgan fingerprint density at radius 1 is 1.22 bits per heavy atom. The quantitative estimate of drug-likeness (QED) is 0.586. The van der Waals surface area contributed by atoms with E-state index in [1.54, 1.807) is 47.4 Å². The molecule has 0 aromatic carbocycles. The van der Waals surface area contributed by atoms with Gasteiger partial charge in [0, 0.05) is 76.6 Å². The first-order valence-electron chi connectivity index (χ1n) is 8.93. The Labute approximate surface area is 158 Å². The lowest BCUT2D eigenvalue weighted by Gasteiger charge is -2.31. The van der Waals surface area contributed by atoms with E-state index < -0.39 is 0 Å². The van der Waals surface area contributed by atoms with E-state index in [0.29, 0.717) is 24.9 Å². The van der Waals surface area contributed by atoms with Crippen LogP contribution in [0.3, 0.4) is 0 Å². The zero-order valence-electron chi connectivity index (χ0n) is 15.9. The van der Waals surface area contributed by atoms with Crippen molar-refractivity contribution in [1.29, 1.82) is 0 Å². The van der Waals surface area contributed by atoms with Gasteiger partial charge in [0.2, 0.25) is 17.6 Å². The zero-order chi connectivity index (χ0) is 19.4. The number of anilines is 1. The average molecular weight is 368 g/mol. The van der Waals surface area contributed by atoms with Crippen LogP contribution in [0.1, 0.15) is 29.0 Å². The maximum atomic E-state index is 12.7. The van der Waals surface area contributed by atoms with Crippen LogP contribution in [0.15, 0.2) is 30.9 Å². The molecule has 3 rings (SSSR count). The Morgan fingerprint density at radius 2 is 1.96 bits per heavy atom. The predicted molar refractivity (Wildman–Crippen MR) is 102 cm³/mol. The molecule has 3 heterocycles. The minimum Gasteiger partial charge on any atom is -0.347 e. The van der Waals surface area contributed by atoms with E-state index in [4.69, 9.17) is 0 Å². The highest BCUT2D eigenvalue weighted by Crippen LogP contribution is 2.20. The van der Waals surface area contributed by atoms with E-state index >= 15 is 0 Å². The van der Waals surface area contributed by atoms with Crippen molar-refractivity contribution in [3.8, 4) is 0 Å². The van der Waals surface area contributed by atoms with Crippen molar-refractivity contribution >= 4 is 23.7 Å². The summed E-state index contributed by atoms with van der Waals surface area (Å²) >= 11 is 0. The number of Topliss-reactive ketones (excluding diaryl/α,β-unsaturated/α-hetero) is 1. The predicted octanol–water partition coefficient (Wildman–Crippen LogP) is 1.41. The van der Waals surface area contributed by atoms with Crippen molar-refractivity contribution in [3.05, 3.63) is 42.3 Å². The molecule has 0 saturated carbocycles. The summed E-state index contributed by atoms with van der Waals surface area (Å²) in [4.78, 5) is 41.3. The molecule has 1 amide bonds. The lowest BCUT2D eigenvalue weighted by molar-refractivity contribution is -0.127. The third-order valence-electron chi connectivity index (χ3n) is 4.62. The van der Waals surface area contributed by atoms with E-state index in [1.807, 2.05) is 19.0 Å². The molecule has 1 unspecified atom stereocenters. The number of aryl methyl sites for hydroxylation is 1. The van der Waals surface area contributed by atoms with Crippen molar-refractivity contribution in [3.63, 3.8) is 0 Å². The number of imidazole rings is 1. The fourth-order valence-corrected chi connectivity index (χ4v) is 3.10. The Balaban J connectivity index is 1.62. The largest absolute Gasteiger partial charge is 0.347 e. The Bertz CT molecular complexity index is 840. The number of aromatic nitrogens is 4.